The third-order valence-electron chi connectivity index (χ3n) is 3.19. The zero-order chi connectivity index (χ0) is 12.5. The number of anilines is 2. The number of hydrogen-bond donors (Lipinski definition) is 1. The fourth-order valence-electron chi connectivity index (χ4n) is 2.30. The lowest BCUT2D eigenvalue weighted by Gasteiger charge is -2.30. The van der Waals surface area contributed by atoms with Crippen LogP contribution >= 0.6 is 15.9 Å². The number of rotatable bonds is 1. The van der Waals surface area contributed by atoms with Crippen molar-refractivity contribution in [1.29, 1.82) is 0 Å². The van der Waals surface area contributed by atoms with E-state index in [1.165, 1.54) is 11.1 Å². The van der Waals surface area contributed by atoms with Crippen LogP contribution in [0.4, 0.5) is 11.5 Å². The molecule has 0 radical (unpaired) electrons. The lowest BCUT2D eigenvalue weighted by molar-refractivity contribution is 0.717. The van der Waals surface area contributed by atoms with Gasteiger partial charge in [0.25, 0.3) is 0 Å². The lowest BCUT2D eigenvalue weighted by atomic mass is 9.99. The highest BCUT2D eigenvalue weighted by molar-refractivity contribution is 9.10. The van der Waals surface area contributed by atoms with Crippen molar-refractivity contribution in [2.24, 2.45) is 0 Å². The highest BCUT2D eigenvalue weighted by Gasteiger charge is 2.19. The Labute approximate surface area is 114 Å². The van der Waals surface area contributed by atoms with Crippen LogP contribution < -0.4 is 10.6 Å². The molecule has 1 aromatic carbocycles. The Morgan fingerprint density at radius 3 is 3.00 bits per heavy atom. The quantitative estimate of drug-likeness (QED) is 0.822. The summed E-state index contributed by atoms with van der Waals surface area (Å²) in [5.41, 5.74) is 9.32. The summed E-state index contributed by atoms with van der Waals surface area (Å²) in [6.45, 7) is 1.81. The van der Waals surface area contributed by atoms with Crippen LogP contribution in [0.25, 0.3) is 0 Å². The molecule has 0 aliphatic carbocycles. The van der Waals surface area contributed by atoms with Crippen molar-refractivity contribution in [2.45, 2.75) is 13.0 Å². The van der Waals surface area contributed by atoms with Gasteiger partial charge in [-0.1, -0.05) is 6.07 Å². The molecule has 0 bridgehead atoms. The minimum absolute atomic E-state index is 0.817. The van der Waals surface area contributed by atoms with Crippen LogP contribution in [0, 0.1) is 0 Å². The third kappa shape index (κ3) is 2.06. The molecular weight excluding hydrogens is 292 g/mol. The Balaban J connectivity index is 1.93. The van der Waals surface area contributed by atoms with Gasteiger partial charge < -0.3 is 10.6 Å². The van der Waals surface area contributed by atoms with E-state index >= 15 is 0 Å². The number of fused-ring (bicyclic) bond motifs is 1. The smallest absolute Gasteiger partial charge is 0.146 e. The predicted molar refractivity (Wildman–Crippen MR) is 75.3 cm³/mol. The van der Waals surface area contributed by atoms with Gasteiger partial charge in [0, 0.05) is 25.0 Å². The highest BCUT2D eigenvalue weighted by Crippen LogP contribution is 2.28. The number of nitrogen functional groups attached to an aromatic ring is 1. The van der Waals surface area contributed by atoms with E-state index in [-0.39, 0.29) is 0 Å². The van der Waals surface area contributed by atoms with Crippen molar-refractivity contribution in [2.75, 3.05) is 17.2 Å². The van der Waals surface area contributed by atoms with Gasteiger partial charge in [0.15, 0.2) is 0 Å². The van der Waals surface area contributed by atoms with Crippen LogP contribution in [0.1, 0.15) is 11.1 Å². The molecule has 0 unspecified atom stereocenters. The molecule has 1 aliphatic heterocycles. The first kappa shape index (κ1) is 11.5. The standard InChI is InChI=1S/C13H13BrN4/c14-12-6-16-8-17-13(12)18-4-3-9-1-2-11(15)5-10(9)7-18/h1-2,5-6,8H,3-4,7,15H2. The summed E-state index contributed by atoms with van der Waals surface area (Å²) in [4.78, 5) is 10.6. The molecule has 5 heteroatoms. The minimum Gasteiger partial charge on any atom is -0.399 e. The van der Waals surface area contributed by atoms with Gasteiger partial charge in [-0.15, -0.1) is 0 Å². The number of halogens is 1. The van der Waals surface area contributed by atoms with Crippen molar-refractivity contribution in [1.82, 2.24) is 9.97 Å². The first-order valence-corrected chi connectivity index (χ1v) is 6.61. The third-order valence-corrected chi connectivity index (χ3v) is 3.75. The second kappa shape index (κ2) is 4.57. The van der Waals surface area contributed by atoms with E-state index < -0.39 is 0 Å². The summed E-state index contributed by atoms with van der Waals surface area (Å²) in [6, 6.07) is 6.14. The molecule has 1 aromatic heterocycles. The summed E-state index contributed by atoms with van der Waals surface area (Å²) < 4.78 is 0.928. The molecule has 18 heavy (non-hydrogen) atoms. The largest absolute Gasteiger partial charge is 0.399 e. The Morgan fingerprint density at radius 1 is 1.28 bits per heavy atom. The maximum Gasteiger partial charge on any atom is 0.146 e. The van der Waals surface area contributed by atoms with Gasteiger partial charge in [-0.3, -0.25) is 0 Å². The van der Waals surface area contributed by atoms with Crippen molar-refractivity contribution in [3.05, 3.63) is 46.3 Å². The molecule has 4 nitrogen and oxygen atoms in total. The maximum absolute atomic E-state index is 5.84. The normalized spacial score (nSPS) is 14.4. The van der Waals surface area contributed by atoms with Gasteiger partial charge in [0.05, 0.1) is 4.47 Å². The van der Waals surface area contributed by atoms with Gasteiger partial charge in [-0.2, -0.15) is 0 Å². The SMILES string of the molecule is Nc1ccc2c(c1)CN(c1ncncc1Br)CC2. The fraction of sp³-hybridized carbons (Fsp3) is 0.231. The van der Waals surface area contributed by atoms with Crippen LogP contribution in [0.3, 0.4) is 0 Å². The van der Waals surface area contributed by atoms with Crippen LogP contribution in [0.5, 0.6) is 0 Å². The van der Waals surface area contributed by atoms with E-state index in [2.05, 4.69) is 42.9 Å². The Morgan fingerprint density at radius 2 is 2.17 bits per heavy atom. The van der Waals surface area contributed by atoms with E-state index in [1.807, 2.05) is 6.07 Å². The molecule has 0 saturated heterocycles. The minimum atomic E-state index is 0.817. The average Bonchev–Trinajstić information content (AvgIpc) is 2.38. The monoisotopic (exact) mass is 304 g/mol. The number of hydrogen-bond acceptors (Lipinski definition) is 4. The molecule has 0 amide bonds. The summed E-state index contributed by atoms with van der Waals surface area (Å²) in [5, 5.41) is 0. The number of benzene rings is 1. The van der Waals surface area contributed by atoms with Gasteiger partial charge in [0.1, 0.15) is 12.1 Å². The van der Waals surface area contributed by atoms with Crippen molar-refractivity contribution >= 4 is 27.4 Å². The molecule has 0 spiro atoms. The highest BCUT2D eigenvalue weighted by atomic mass is 79.9. The van der Waals surface area contributed by atoms with E-state index in [9.17, 15) is 0 Å². The molecule has 0 fully saturated rings. The maximum atomic E-state index is 5.84. The second-order valence-corrected chi connectivity index (χ2v) is 5.25. The van der Waals surface area contributed by atoms with Gasteiger partial charge >= 0.3 is 0 Å². The molecule has 2 N–H and O–H groups in total. The summed E-state index contributed by atoms with van der Waals surface area (Å²) in [6.07, 6.45) is 4.37. The molecular formula is C13H13BrN4. The molecule has 0 atom stereocenters. The summed E-state index contributed by atoms with van der Waals surface area (Å²) >= 11 is 3.49. The zero-order valence-electron chi connectivity index (χ0n) is 9.81. The number of nitrogens with two attached hydrogens (primary N) is 1. The summed E-state index contributed by atoms with van der Waals surface area (Å²) in [5.74, 6) is 0.943. The van der Waals surface area contributed by atoms with E-state index in [4.69, 9.17) is 5.73 Å². The molecule has 92 valence electrons. The van der Waals surface area contributed by atoms with E-state index in [1.54, 1.807) is 12.5 Å². The van der Waals surface area contributed by atoms with Crippen LogP contribution in [-0.2, 0) is 13.0 Å². The fourth-order valence-corrected chi connectivity index (χ4v) is 2.77. The molecule has 3 rings (SSSR count). The van der Waals surface area contributed by atoms with E-state index in [0.717, 1.165) is 35.5 Å². The first-order valence-electron chi connectivity index (χ1n) is 5.82. The molecule has 0 saturated carbocycles. The topological polar surface area (TPSA) is 55.0 Å². The van der Waals surface area contributed by atoms with Gasteiger partial charge in [0.2, 0.25) is 0 Å². The first-order chi connectivity index (χ1) is 8.74. The van der Waals surface area contributed by atoms with Crippen molar-refractivity contribution < 1.29 is 0 Å². The average molecular weight is 305 g/mol. The van der Waals surface area contributed by atoms with Crippen LogP contribution in [-0.4, -0.2) is 16.5 Å². The predicted octanol–water partition coefficient (Wildman–Crippen LogP) is 2.38. The second-order valence-electron chi connectivity index (χ2n) is 4.39. The molecule has 1 aliphatic rings. The Kier molecular flexibility index (Phi) is 2.91. The Hall–Kier alpha value is -1.62. The van der Waals surface area contributed by atoms with Crippen molar-refractivity contribution in [3.8, 4) is 0 Å². The number of aromatic nitrogens is 2. The van der Waals surface area contributed by atoms with Crippen molar-refractivity contribution in [3.63, 3.8) is 0 Å². The van der Waals surface area contributed by atoms with Gasteiger partial charge in [-0.25, -0.2) is 9.97 Å². The van der Waals surface area contributed by atoms with E-state index in [0.29, 0.717) is 0 Å². The Bertz CT molecular complexity index is 585. The van der Waals surface area contributed by atoms with Gasteiger partial charge in [-0.05, 0) is 45.6 Å². The molecule has 2 heterocycles. The summed E-state index contributed by atoms with van der Waals surface area (Å²) in [7, 11) is 0. The van der Waals surface area contributed by atoms with Crippen LogP contribution in [0.2, 0.25) is 0 Å². The van der Waals surface area contributed by atoms with Crippen LogP contribution in [0.15, 0.2) is 35.2 Å². The molecule has 2 aromatic rings. The zero-order valence-corrected chi connectivity index (χ0v) is 11.4. The lowest BCUT2D eigenvalue weighted by Crippen LogP contribution is -2.31. The number of nitrogens with zero attached hydrogens (tertiary/aromatic N) is 3.